The van der Waals surface area contributed by atoms with Crippen LogP contribution in [-0.4, -0.2) is 22.5 Å². The van der Waals surface area contributed by atoms with Crippen LogP contribution in [0.1, 0.15) is 10.4 Å². The number of aromatic amines is 1. The lowest BCUT2D eigenvalue weighted by molar-refractivity contribution is 0.0550. The molecular weight excluding hydrogens is 380 g/mol. The van der Waals surface area contributed by atoms with Crippen LogP contribution in [-0.2, 0) is 4.74 Å². The summed E-state index contributed by atoms with van der Waals surface area (Å²) in [6, 6.07) is 11.0. The smallest absolute Gasteiger partial charge is 0.338 e. The highest BCUT2D eigenvalue weighted by molar-refractivity contribution is 9.10. The number of hydrogen-bond acceptors (Lipinski definition) is 3. The molecule has 0 saturated carbocycles. The number of halogens is 2. The molecule has 116 valence electrons. The molecule has 3 aromatic rings. The largest absolute Gasteiger partial charge is 0.458 e. The third-order valence-corrected chi connectivity index (χ3v) is 4.22. The van der Waals surface area contributed by atoms with Crippen molar-refractivity contribution in [2.24, 2.45) is 0 Å². The molecule has 1 heterocycles. The van der Waals surface area contributed by atoms with Crippen molar-refractivity contribution < 1.29 is 9.53 Å². The summed E-state index contributed by atoms with van der Waals surface area (Å²) in [5, 5.41) is 0.391. The second-order valence-electron chi connectivity index (χ2n) is 4.81. The molecule has 6 heteroatoms. The molecule has 1 N–H and O–H groups in total. The van der Waals surface area contributed by atoms with Crippen molar-refractivity contribution in [1.29, 1.82) is 0 Å². The SMILES string of the molecule is C=CCOC(=O)c1cc(Cl)c2nc(-c3ccccc3Br)[nH]c2c1. The fourth-order valence-electron chi connectivity index (χ4n) is 2.19. The number of benzene rings is 2. The number of carbonyl (C=O) groups excluding carboxylic acids is 1. The van der Waals surface area contributed by atoms with E-state index in [4.69, 9.17) is 16.3 Å². The first-order valence-electron chi connectivity index (χ1n) is 6.82. The van der Waals surface area contributed by atoms with Crippen molar-refractivity contribution in [2.75, 3.05) is 6.61 Å². The Kier molecular flexibility index (Phi) is 4.50. The Morgan fingerprint density at radius 1 is 1.39 bits per heavy atom. The van der Waals surface area contributed by atoms with Gasteiger partial charge in [-0.2, -0.15) is 0 Å². The Balaban J connectivity index is 2.06. The van der Waals surface area contributed by atoms with Gasteiger partial charge >= 0.3 is 5.97 Å². The lowest BCUT2D eigenvalue weighted by Gasteiger charge is -2.02. The molecule has 0 amide bonds. The molecular formula is C17H12BrClN2O2. The molecule has 0 unspecified atom stereocenters. The highest BCUT2D eigenvalue weighted by atomic mass is 79.9. The maximum Gasteiger partial charge on any atom is 0.338 e. The number of H-pyrrole nitrogens is 1. The zero-order chi connectivity index (χ0) is 16.4. The molecule has 0 fully saturated rings. The minimum absolute atomic E-state index is 0.152. The van der Waals surface area contributed by atoms with Crippen LogP contribution in [0.4, 0.5) is 0 Å². The zero-order valence-electron chi connectivity index (χ0n) is 12.0. The molecule has 23 heavy (non-hydrogen) atoms. The predicted molar refractivity (Wildman–Crippen MR) is 94.7 cm³/mol. The highest BCUT2D eigenvalue weighted by Gasteiger charge is 2.15. The normalized spacial score (nSPS) is 10.7. The minimum atomic E-state index is -0.453. The van der Waals surface area contributed by atoms with E-state index < -0.39 is 5.97 Å². The van der Waals surface area contributed by atoms with E-state index in [0.717, 1.165) is 10.0 Å². The molecule has 2 aromatic carbocycles. The summed E-state index contributed by atoms with van der Waals surface area (Å²) in [7, 11) is 0. The fourth-order valence-corrected chi connectivity index (χ4v) is 2.93. The molecule has 4 nitrogen and oxygen atoms in total. The first kappa shape index (κ1) is 15.8. The van der Waals surface area contributed by atoms with Crippen LogP contribution >= 0.6 is 27.5 Å². The minimum Gasteiger partial charge on any atom is -0.458 e. The Labute approximate surface area is 146 Å². The number of imidazole rings is 1. The van der Waals surface area contributed by atoms with Gasteiger partial charge in [0.2, 0.25) is 0 Å². The second-order valence-corrected chi connectivity index (χ2v) is 6.07. The number of carbonyl (C=O) groups is 1. The number of esters is 1. The predicted octanol–water partition coefficient (Wildman–Crippen LogP) is 4.99. The van der Waals surface area contributed by atoms with Crippen LogP contribution in [0.15, 0.2) is 53.5 Å². The van der Waals surface area contributed by atoms with Crippen LogP contribution in [0, 0.1) is 0 Å². The Morgan fingerprint density at radius 3 is 2.91 bits per heavy atom. The Bertz CT molecular complexity index is 905. The summed E-state index contributed by atoms with van der Waals surface area (Å²) in [4.78, 5) is 19.7. The molecule has 1 aromatic heterocycles. The number of nitrogens with zero attached hydrogens (tertiary/aromatic N) is 1. The molecule has 0 aliphatic carbocycles. The van der Waals surface area contributed by atoms with E-state index in [9.17, 15) is 4.79 Å². The van der Waals surface area contributed by atoms with Crippen molar-refractivity contribution in [3.63, 3.8) is 0 Å². The van der Waals surface area contributed by atoms with Gasteiger partial charge in [-0.05, 0) is 18.2 Å². The van der Waals surface area contributed by atoms with Gasteiger partial charge in [0.05, 0.1) is 16.1 Å². The van der Waals surface area contributed by atoms with E-state index in [-0.39, 0.29) is 6.61 Å². The Morgan fingerprint density at radius 2 is 2.17 bits per heavy atom. The first-order chi connectivity index (χ1) is 11.1. The average molecular weight is 392 g/mol. The molecule has 0 aliphatic rings. The van der Waals surface area contributed by atoms with Crippen LogP contribution in [0.25, 0.3) is 22.4 Å². The van der Waals surface area contributed by atoms with Crippen molar-refractivity contribution in [1.82, 2.24) is 9.97 Å². The van der Waals surface area contributed by atoms with E-state index in [1.165, 1.54) is 6.08 Å². The van der Waals surface area contributed by atoms with Crippen LogP contribution in [0.5, 0.6) is 0 Å². The van der Waals surface area contributed by atoms with Gasteiger partial charge < -0.3 is 9.72 Å². The summed E-state index contributed by atoms with van der Waals surface area (Å²) in [6.45, 7) is 3.67. The van der Waals surface area contributed by atoms with Gasteiger partial charge in [-0.15, -0.1) is 0 Å². The quantitative estimate of drug-likeness (QED) is 0.503. The number of aromatic nitrogens is 2. The van der Waals surface area contributed by atoms with E-state index in [1.807, 2.05) is 24.3 Å². The van der Waals surface area contributed by atoms with Gasteiger partial charge in [0, 0.05) is 10.0 Å². The van der Waals surface area contributed by atoms with E-state index >= 15 is 0 Å². The van der Waals surface area contributed by atoms with E-state index in [0.29, 0.717) is 27.4 Å². The maximum atomic E-state index is 12.0. The summed E-state index contributed by atoms with van der Waals surface area (Å²) in [5.41, 5.74) is 2.56. The topological polar surface area (TPSA) is 55.0 Å². The van der Waals surface area contributed by atoms with Gasteiger partial charge in [-0.1, -0.05) is 58.4 Å². The van der Waals surface area contributed by atoms with Crippen molar-refractivity contribution in [3.05, 3.63) is 64.1 Å². The number of rotatable bonds is 4. The first-order valence-corrected chi connectivity index (χ1v) is 7.99. The second kappa shape index (κ2) is 6.56. The monoisotopic (exact) mass is 390 g/mol. The molecule has 0 bridgehead atoms. The lowest BCUT2D eigenvalue weighted by Crippen LogP contribution is -2.04. The average Bonchev–Trinajstić information content (AvgIpc) is 2.97. The lowest BCUT2D eigenvalue weighted by atomic mass is 10.2. The number of ether oxygens (including phenoxy) is 1. The van der Waals surface area contributed by atoms with Crippen LogP contribution in [0.3, 0.4) is 0 Å². The van der Waals surface area contributed by atoms with Gasteiger partial charge in [0.1, 0.15) is 17.9 Å². The van der Waals surface area contributed by atoms with Gasteiger partial charge in [0.15, 0.2) is 0 Å². The fraction of sp³-hybridized carbons (Fsp3) is 0.0588. The zero-order valence-corrected chi connectivity index (χ0v) is 14.3. The summed E-state index contributed by atoms with van der Waals surface area (Å²) < 4.78 is 5.95. The molecule has 0 atom stereocenters. The third kappa shape index (κ3) is 3.16. The Hall–Kier alpha value is -2.11. The van der Waals surface area contributed by atoms with Crippen LogP contribution < -0.4 is 0 Å². The summed E-state index contributed by atoms with van der Waals surface area (Å²) in [5.74, 6) is 0.219. The van der Waals surface area contributed by atoms with Crippen molar-refractivity contribution >= 4 is 44.5 Å². The van der Waals surface area contributed by atoms with E-state index in [2.05, 4.69) is 32.5 Å². The van der Waals surface area contributed by atoms with Gasteiger partial charge in [0.25, 0.3) is 0 Å². The van der Waals surface area contributed by atoms with Crippen molar-refractivity contribution in [2.45, 2.75) is 0 Å². The molecule has 0 aliphatic heterocycles. The van der Waals surface area contributed by atoms with Crippen LogP contribution in [0.2, 0.25) is 5.02 Å². The van der Waals surface area contributed by atoms with E-state index in [1.54, 1.807) is 12.1 Å². The highest BCUT2D eigenvalue weighted by Crippen LogP contribution is 2.30. The molecule has 0 spiro atoms. The number of fused-ring (bicyclic) bond motifs is 1. The number of nitrogens with one attached hydrogen (secondary N) is 1. The third-order valence-electron chi connectivity index (χ3n) is 3.24. The maximum absolute atomic E-state index is 12.0. The van der Waals surface area contributed by atoms with Gasteiger partial charge in [-0.3, -0.25) is 0 Å². The van der Waals surface area contributed by atoms with Gasteiger partial charge in [-0.25, -0.2) is 9.78 Å². The molecule has 3 rings (SSSR count). The number of hydrogen-bond donors (Lipinski definition) is 1. The molecule has 0 radical (unpaired) electrons. The summed E-state index contributed by atoms with van der Waals surface area (Å²) >= 11 is 9.76. The molecule has 0 saturated heterocycles. The standard InChI is InChI=1S/C17H12BrClN2O2/c1-2-7-23-17(22)10-8-13(19)15-14(9-10)20-16(21-15)11-5-3-4-6-12(11)18/h2-6,8-9H,1,7H2,(H,20,21). The van der Waals surface area contributed by atoms with Crippen molar-refractivity contribution in [3.8, 4) is 11.4 Å². The summed E-state index contributed by atoms with van der Waals surface area (Å²) in [6.07, 6.45) is 1.51.